The van der Waals surface area contributed by atoms with Gasteiger partial charge in [-0.1, -0.05) is 37.1 Å². The van der Waals surface area contributed by atoms with E-state index < -0.39 is 5.06 Å². The molecule has 0 heterocycles. The van der Waals surface area contributed by atoms with Crippen molar-refractivity contribution in [2.24, 2.45) is 0 Å². The molecule has 0 aromatic heterocycles. The molecule has 0 aliphatic carbocycles. The van der Waals surface area contributed by atoms with E-state index in [2.05, 4.69) is 13.8 Å². The van der Waals surface area contributed by atoms with Gasteiger partial charge in [-0.3, -0.25) is 0 Å². The highest BCUT2D eigenvalue weighted by Crippen LogP contribution is 2.24. The number of benzene rings is 1. The minimum absolute atomic E-state index is 0.336. The summed E-state index contributed by atoms with van der Waals surface area (Å²) in [5.41, 5.74) is 0.922. The molecule has 0 saturated carbocycles. The van der Waals surface area contributed by atoms with E-state index in [1.165, 1.54) is 0 Å². The van der Waals surface area contributed by atoms with E-state index in [4.69, 9.17) is 21.1 Å². The number of rotatable bonds is 6. The Bertz CT molecular complexity index is 327. The first kappa shape index (κ1) is 13.3. The number of halogens is 1. The molecule has 1 radical (unpaired) electrons. The molecule has 1 atom stereocenters. The molecule has 1 unspecified atom stereocenters. The van der Waals surface area contributed by atoms with Crippen LogP contribution in [0.5, 0.6) is 5.75 Å². The van der Waals surface area contributed by atoms with E-state index in [0.29, 0.717) is 6.61 Å². The van der Waals surface area contributed by atoms with Crippen LogP contribution in [0.1, 0.15) is 25.3 Å². The second kappa shape index (κ2) is 6.12. The molecule has 0 aliphatic rings. The monoisotopic (exact) mass is 241 g/mol. The van der Waals surface area contributed by atoms with E-state index in [1.54, 1.807) is 7.11 Å². The van der Waals surface area contributed by atoms with Gasteiger partial charge < -0.3 is 9.47 Å². The molecule has 3 heteroatoms. The van der Waals surface area contributed by atoms with Gasteiger partial charge in [0.1, 0.15) is 12.4 Å². The van der Waals surface area contributed by atoms with Crippen LogP contribution in [0.4, 0.5) is 0 Å². The minimum Gasteiger partial charge on any atom is -0.489 e. The second-order valence-corrected chi connectivity index (χ2v) is 4.46. The van der Waals surface area contributed by atoms with Gasteiger partial charge in [0.25, 0.3) is 0 Å². The fraction of sp³-hybridized carbons (Fsp3) is 0.462. The van der Waals surface area contributed by atoms with E-state index in [0.717, 1.165) is 24.2 Å². The Balaban J connectivity index is 2.55. The summed E-state index contributed by atoms with van der Waals surface area (Å²) in [6.07, 6.45) is 1.71. The van der Waals surface area contributed by atoms with Crippen LogP contribution in [0.2, 0.25) is 0 Å². The first-order valence-electron chi connectivity index (χ1n) is 5.38. The Morgan fingerprint density at radius 1 is 1.44 bits per heavy atom. The van der Waals surface area contributed by atoms with Gasteiger partial charge in [-0.2, -0.15) is 0 Å². The van der Waals surface area contributed by atoms with Crippen molar-refractivity contribution < 1.29 is 9.47 Å². The number of methoxy groups -OCH3 is 1. The van der Waals surface area contributed by atoms with Crippen molar-refractivity contribution in [3.05, 3.63) is 36.8 Å². The van der Waals surface area contributed by atoms with Crippen molar-refractivity contribution in [3.63, 3.8) is 0 Å². The quantitative estimate of drug-likeness (QED) is 0.708. The Hall–Kier alpha value is -0.730. The fourth-order valence-electron chi connectivity index (χ4n) is 1.43. The molecule has 0 spiro atoms. The Kier molecular flexibility index (Phi) is 5.10. The van der Waals surface area contributed by atoms with E-state index >= 15 is 0 Å². The molecular weight excluding hydrogens is 224 g/mol. The molecule has 0 bridgehead atoms. The van der Waals surface area contributed by atoms with Crippen molar-refractivity contribution in [3.8, 4) is 5.75 Å². The number of hydrogen-bond donors (Lipinski definition) is 0. The van der Waals surface area contributed by atoms with Crippen LogP contribution in [-0.4, -0.2) is 18.8 Å². The number of hydrogen-bond acceptors (Lipinski definition) is 2. The molecule has 0 fully saturated rings. The molecule has 0 aliphatic heterocycles. The lowest BCUT2D eigenvalue weighted by molar-refractivity contribution is 0.0160. The van der Waals surface area contributed by atoms with Crippen LogP contribution >= 0.6 is 11.6 Å². The summed E-state index contributed by atoms with van der Waals surface area (Å²) in [5, 5.41) is -0.730. The summed E-state index contributed by atoms with van der Waals surface area (Å²) in [4.78, 5) is 0. The van der Waals surface area contributed by atoms with Crippen molar-refractivity contribution in [2.75, 3.05) is 13.7 Å². The zero-order valence-corrected chi connectivity index (χ0v) is 10.6. The first-order chi connectivity index (χ1) is 7.59. The van der Waals surface area contributed by atoms with Crippen LogP contribution in [0.3, 0.4) is 0 Å². The Morgan fingerprint density at radius 3 is 2.75 bits per heavy atom. The molecule has 1 rings (SSSR count). The predicted octanol–water partition coefficient (Wildman–Crippen LogP) is 3.63. The van der Waals surface area contributed by atoms with Crippen molar-refractivity contribution >= 4 is 11.6 Å². The average Bonchev–Trinajstić information content (AvgIpc) is 2.27. The van der Waals surface area contributed by atoms with Crippen molar-refractivity contribution in [1.82, 2.24) is 0 Å². The zero-order valence-electron chi connectivity index (χ0n) is 9.83. The summed E-state index contributed by atoms with van der Waals surface area (Å²) in [6, 6.07) is 7.58. The Labute approximate surface area is 103 Å². The van der Waals surface area contributed by atoms with Gasteiger partial charge in [0.15, 0.2) is 5.06 Å². The largest absolute Gasteiger partial charge is 0.489 e. The molecule has 16 heavy (non-hydrogen) atoms. The maximum atomic E-state index is 6.25. The molecule has 0 saturated heterocycles. The topological polar surface area (TPSA) is 18.5 Å². The summed E-state index contributed by atoms with van der Waals surface area (Å²) >= 11 is 6.25. The molecule has 2 nitrogen and oxygen atoms in total. The minimum atomic E-state index is -0.730. The highest BCUT2D eigenvalue weighted by Gasteiger charge is 2.26. The van der Waals surface area contributed by atoms with E-state index in [1.807, 2.05) is 24.3 Å². The van der Waals surface area contributed by atoms with Gasteiger partial charge in [0, 0.05) is 7.11 Å². The first-order valence-corrected chi connectivity index (χ1v) is 5.76. The second-order valence-electron chi connectivity index (χ2n) is 3.77. The van der Waals surface area contributed by atoms with Gasteiger partial charge >= 0.3 is 0 Å². The third kappa shape index (κ3) is 4.03. The number of alkyl halides is 1. The summed E-state index contributed by atoms with van der Waals surface area (Å²) in [7, 11) is 1.60. The fourth-order valence-corrected chi connectivity index (χ4v) is 1.68. The Morgan fingerprint density at radius 2 is 2.19 bits per heavy atom. The highest BCUT2D eigenvalue weighted by atomic mass is 35.5. The molecular formula is C13H18ClO2. The zero-order chi connectivity index (χ0) is 12.0. The average molecular weight is 242 g/mol. The van der Waals surface area contributed by atoms with Crippen LogP contribution in [0, 0.1) is 6.92 Å². The normalized spacial score (nSPS) is 14.5. The lowest BCUT2D eigenvalue weighted by Crippen LogP contribution is -2.31. The van der Waals surface area contributed by atoms with E-state index in [-0.39, 0.29) is 0 Å². The van der Waals surface area contributed by atoms with Crippen LogP contribution in [0.25, 0.3) is 0 Å². The van der Waals surface area contributed by atoms with Crippen LogP contribution < -0.4 is 4.74 Å². The van der Waals surface area contributed by atoms with Crippen molar-refractivity contribution in [2.45, 2.75) is 24.8 Å². The number of ether oxygens (including phenoxy) is 2. The highest BCUT2D eigenvalue weighted by molar-refractivity contribution is 6.23. The van der Waals surface area contributed by atoms with Gasteiger partial charge in [-0.05, 0) is 31.0 Å². The summed E-state index contributed by atoms with van der Waals surface area (Å²) in [6.45, 7) is 6.24. The third-order valence-corrected chi connectivity index (χ3v) is 2.79. The van der Waals surface area contributed by atoms with E-state index in [9.17, 15) is 0 Å². The standard InChI is InChI=1S/C13H18ClO2/c1-4-8-13(14,15-3)10-16-12-7-5-6-11(2)9-12/h5-7,9H,2,4,8,10H2,1,3H3. The maximum absolute atomic E-state index is 6.25. The predicted molar refractivity (Wildman–Crippen MR) is 66.9 cm³/mol. The van der Waals surface area contributed by atoms with Gasteiger partial charge in [0.05, 0.1) is 0 Å². The summed E-state index contributed by atoms with van der Waals surface area (Å²) < 4.78 is 10.9. The molecule has 1 aromatic carbocycles. The smallest absolute Gasteiger partial charge is 0.175 e. The van der Waals surface area contributed by atoms with Gasteiger partial charge in [0.2, 0.25) is 0 Å². The van der Waals surface area contributed by atoms with Crippen molar-refractivity contribution in [1.29, 1.82) is 0 Å². The molecule has 0 amide bonds. The van der Waals surface area contributed by atoms with Crippen LogP contribution in [0.15, 0.2) is 24.3 Å². The van der Waals surface area contributed by atoms with Crippen LogP contribution in [-0.2, 0) is 4.74 Å². The van der Waals surface area contributed by atoms with Gasteiger partial charge in [-0.15, -0.1) is 0 Å². The maximum Gasteiger partial charge on any atom is 0.175 e. The lowest BCUT2D eigenvalue weighted by Gasteiger charge is -2.25. The lowest BCUT2D eigenvalue weighted by atomic mass is 10.2. The van der Waals surface area contributed by atoms with Gasteiger partial charge in [-0.25, -0.2) is 0 Å². The molecule has 0 N–H and O–H groups in total. The third-order valence-electron chi connectivity index (χ3n) is 2.34. The summed E-state index contributed by atoms with van der Waals surface area (Å²) in [5.74, 6) is 0.769. The molecule has 89 valence electrons. The SMILES string of the molecule is [CH2]c1cccc(OCC(Cl)(CCC)OC)c1. The molecule has 1 aromatic rings.